The van der Waals surface area contributed by atoms with Crippen molar-refractivity contribution < 1.29 is 48.2 Å². The summed E-state index contributed by atoms with van der Waals surface area (Å²) in [4.78, 5) is 22.7. The van der Waals surface area contributed by atoms with Crippen LogP contribution in [0.25, 0.3) is 22.3 Å². The van der Waals surface area contributed by atoms with Gasteiger partial charge in [0.15, 0.2) is 0 Å². The van der Waals surface area contributed by atoms with Crippen LogP contribution >= 0.6 is 0 Å². The van der Waals surface area contributed by atoms with Crippen molar-refractivity contribution in [2.24, 2.45) is 0 Å². The third-order valence-electron chi connectivity index (χ3n) is 10.3. The highest BCUT2D eigenvalue weighted by Gasteiger charge is 2.37. The molecule has 0 aliphatic heterocycles. The maximum atomic E-state index is 11.5. The number of benzene rings is 4. The lowest BCUT2D eigenvalue weighted by Crippen LogP contribution is -2.35. The first-order valence-corrected chi connectivity index (χ1v) is 19.3. The highest BCUT2D eigenvalue weighted by Crippen LogP contribution is 2.40. The van der Waals surface area contributed by atoms with E-state index in [9.17, 15) is 19.8 Å². The van der Waals surface area contributed by atoms with Crippen LogP contribution in [-0.4, -0.2) is 61.7 Å². The molecule has 0 radical (unpaired) electrons. The van der Waals surface area contributed by atoms with E-state index in [4.69, 9.17) is 23.7 Å². The van der Waals surface area contributed by atoms with Crippen LogP contribution in [0.2, 0.25) is 0 Å². The minimum atomic E-state index is -0.883. The van der Waals surface area contributed by atoms with Crippen LogP contribution in [0.3, 0.4) is 0 Å². The van der Waals surface area contributed by atoms with Crippen molar-refractivity contribution in [3.8, 4) is 33.8 Å². The van der Waals surface area contributed by atoms with E-state index in [0.717, 1.165) is 44.9 Å². The number of aliphatic hydroxyl groups is 2. The summed E-state index contributed by atoms with van der Waals surface area (Å²) in [6.07, 6.45) is 3.02. The molecule has 2 aliphatic rings. The molecule has 55 heavy (non-hydrogen) atoms. The van der Waals surface area contributed by atoms with E-state index in [1.807, 2.05) is 111 Å². The molecule has 6 rings (SSSR count). The molecule has 2 aliphatic carbocycles. The second-order valence-corrected chi connectivity index (χ2v) is 13.9. The monoisotopic (exact) mass is 754 g/mol. The summed E-state index contributed by atoms with van der Waals surface area (Å²) < 4.78 is 30.8. The highest BCUT2D eigenvalue weighted by atomic mass is 16.7. The van der Waals surface area contributed by atoms with E-state index in [1.165, 1.54) is 7.11 Å². The molecule has 2 N–H and O–H groups in total. The first-order valence-electron chi connectivity index (χ1n) is 19.3. The predicted molar refractivity (Wildman–Crippen MR) is 210 cm³/mol. The van der Waals surface area contributed by atoms with E-state index in [2.05, 4.69) is 4.74 Å². The molecule has 294 valence electrons. The number of rotatable bonds is 11. The molecular formula is C45H54O10. The van der Waals surface area contributed by atoms with Gasteiger partial charge in [0.05, 0.1) is 38.1 Å². The fourth-order valence-corrected chi connectivity index (χ4v) is 7.19. The number of hydrogen-bond acceptors (Lipinski definition) is 10. The standard InChI is InChI=1S/C23H28O5.C22H26O5/c1-3-26-20-11-7-18(8-12-20)17-5-9-19(10-6-17)23(25)15-13-21(14-16-23)28-22(24)27-4-2;1-3-26-19-10-6-17(7-11-19)16-4-8-18(9-5-16)22(24)14-12-20(13-15-22)27-21(23)25-2/h5-12,21,25H,3-4,13-16H2,1-2H3;4-11,20,24H,3,12-15H2,1-2H3. The van der Waals surface area contributed by atoms with Gasteiger partial charge in [-0.25, -0.2) is 9.59 Å². The number of hydrogen-bond donors (Lipinski definition) is 2. The van der Waals surface area contributed by atoms with Crippen molar-refractivity contribution in [1.82, 2.24) is 0 Å². The SMILES string of the molecule is CCOC(=O)OC1CCC(O)(c2ccc(-c3ccc(OCC)cc3)cc2)CC1.CCOc1ccc(-c2ccc(C3(O)CCC(OC(=O)OC)CC3)cc2)cc1. The van der Waals surface area contributed by atoms with E-state index in [0.29, 0.717) is 71.2 Å². The average Bonchev–Trinajstić information content (AvgIpc) is 3.21. The van der Waals surface area contributed by atoms with Gasteiger partial charge < -0.3 is 38.6 Å². The second-order valence-electron chi connectivity index (χ2n) is 13.9. The van der Waals surface area contributed by atoms with Crippen molar-refractivity contribution in [2.45, 2.75) is 95.5 Å². The van der Waals surface area contributed by atoms with E-state index in [-0.39, 0.29) is 12.2 Å². The predicted octanol–water partition coefficient (Wildman–Crippen LogP) is 9.72. The summed E-state index contributed by atoms with van der Waals surface area (Å²) in [5.41, 5.74) is 4.42. The van der Waals surface area contributed by atoms with Gasteiger partial charge in [-0.15, -0.1) is 0 Å². The zero-order valence-electron chi connectivity index (χ0n) is 32.3. The smallest absolute Gasteiger partial charge is 0.494 e. The lowest BCUT2D eigenvalue weighted by atomic mass is 9.78. The Labute approximate surface area is 324 Å². The summed E-state index contributed by atoms with van der Waals surface area (Å²) in [7, 11) is 1.30. The van der Waals surface area contributed by atoms with Gasteiger partial charge in [0, 0.05) is 0 Å². The summed E-state index contributed by atoms with van der Waals surface area (Å²) in [5.74, 6) is 1.72. The third kappa shape index (κ3) is 11.2. The van der Waals surface area contributed by atoms with Crippen LogP contribution in [0.15, 0.2) is 97.1 Å². The molecule has 0 unspecified atom stereocenters. The lowest BCUT2D eigenvalue weighted by molar-refractivity contribution is -0.0530. The summed E-state index contributed by atoms with van der Waals surface area (Å²) >= 11 is 0. The van der Waals surface area contributed by atoms with Crippen molar-refractivity contribution >= 4 is 12.3 Å². The van der Waals surface area contributed by atoms with Crippen molar-refractivity contribution in [2.75, 3.05) is 26.9 Å². The first-order chi connectivity index (χ1) is 26.6. The van der Waals surface area contributed by atoms with Gasteiger partial charge in [0.25, 0.3) is 0 Å². The minimum Gasteiger partial charge on any atom is -0.494 e. The van der Waals surface area contributed by atoms with Gasteiger partial charge in [0.1, 0.15) is 23.7 Å². The fourth-order valence-electron chi connectivity index (χ4n) is 7.19. The fraction of sp³-hybridized carbons (Fsp3) is 0.422. The Bertz CT molecular complexity index is 1770. The summed E-state index contributed by atoms with van der Waals surface area (Å²) in [5, 5.41) is 22.1. The Kier molecular flexibility index (Phi) is 14.6. The normalized spacial score (nSPS) is 21.9. The molecule has 10 nitrogen and oxygen atoms in total. The van der Waals surface area contributed by atoms with Crippen LogP contribution in [-0.2, 0) is 30.1 Å². The van der Waals surface area contributed by atoms with Gasteiger partial charge in [-0.1, -0.05) is 72.8 Å². The molecule has 0 heterocycles. The Balaban J connectivity index is 0.000000211. The molecule has 0 spiro atoms. The Morgan fingerprint density at radius 2 is 0.855 bits per heavy atom. The van der Waals surface area contributed by atoms with Crippen molar-refractivity contribution in [3.63, 3.8) is 0 Å². The van der Waals surface area contributed by atoms with Gasteiger partial charge in [-0.05, 0) is 130 Å². The molecule has 4 aromatic rings. The zero-order chi connectivity index (χ0) is 39.3. The summed E-state index contributed by atoms with van der Waals surface area (Å²) in [6.45, 7) is 7.28. The Morgan fingerprint density at radius 3 is 1.16 bits per heavy atom. The molecule has 2 saturated carbocycles. The molecule has 0 atom stereocenters. The second kappa shape index (κ2) is 19.5. The Hall–Kier alpha value is -5.06. The number of methoxy groups -OCH3 is 1. The van der Waals surface area contributed by atoms with Gasteiger partial charge >= 0.3 is 12.3 Å². The Morgan fingerprint density at radius 1 is 0.527 bits per heavy atom. The average molecular weight is 755 g/mol. The van der Waals surface area contributed by atoms with Crippen LogP contribution in [0, 0.1) is 0 Å². The van der Waals surface area contributed by atoms with Gasteiger partial charge in [-0.2, -0.15) is 0 Å². The molecule has 2 fully saturated rings. The zero-order valence-corrected chi connectivity index (χ0v) is 32.3. The van der Waals surface area contributed by atoms with Crippen LogP contribution in [0.1, 0.15) is 83.3 Å². The maximum absolute atomic E-state index is 11.5. The molecule has 10 heteroatoms. The van der Waals surface area contributed by atoms with Crippen LogP contribution in [0.4, 0.5) is 9.59 Å². The van der Waals surface area contributed by atoms with E-state index in [1.54, 1.807) is 6.92 Å². The molecular weight excluding hydrogens is 700 g/mol. The van der Waals surface area contributed by atoms with Crippen LogP contribution in [0.5, 0.6) is 11.5 Å². The van der Waals surface area contributed by atoms with Crippen molar-refractivity contribution in [3.05, 3.63) is 108 Å². The number of ether oxygens (including phenoxy) is 6. The molecule has 0 bridgehead atoms. The van der Waals surface area contributed by atoms with E-state index < -0.39 is 23.5 Å². The van der Waals surface area contributed by atoms with Gasteiger partial charge in [0.2, 0.25) is 0 Å². The molecule has 0 amide bonds. The lowest BCUT2D eigenvalue weighted by Gasteiger charge is -2.36. The first kappa shape index (κ1) is 41.1. The quantitative estimate of drug-likeness (QED) is 0.143. The minimum absolute atomic E-state index is 0.192. The third-order valence-corrected chi connectivity index (χ3v) is 10.3. The number of carbonyl (C=O) groups excluding carboxylic acids is 2. The highest BCUT2D eigenvalue weighted by molar-refractivity contribution is 5.66. The maximum Gasteiger partial charge on any atom is 0.508 e. The van der Waals surface area contributed by atoms with Crippen LogP contribution < -0.4 is 9.47 Å². The number of carbonyl (C=O) groups is 2. The topological polar surface area (TPSA) is 130 Å². The molecule has 4 aromatic carbocycles. The summed E-state index contributed by atoms with van der Waals surface area (Å²) in [6, 6.07) is 32.0. The van der Waals surface area contributed by atoms with Gasteiger partial charge in [-0.3, -0.25) is 0 Å². The van der Waals surface area contributed by atoms with Crippen molar-refractivity contribution in [1.29, 1.82) is 0 Å². The largest absolute Gasteiger partial charge is 0.508 e. The van der Waals surface area contributed by atoms with E-state index >= 15 is 0 Å². The molecule has 0 saturated heterocycles. The molecule has 0 aromatic heterocycles.